The molecule has 4 nitrogen and oxygen atoms in total. The molecule has 0 heterocycles. The van der Waals surface area contributed by atoms with Crippen LogP contribution in [-0.4, -0.2) is 11.9 Å². The highest BCUT2D eigenvalue weighted by Crippen LogP contribution is 2.33. The molecule has 0 saturated carbocycles. The number of ether oxygens (including phenoxy) is 2. The molecule has 0 spiro atoms. The van der Waals surface area contributed by atoms with Crippen molar-refractivity contribution in [3.63, 3.8) is 0 Å². The molecule has 0 aliphatic carbocycles. The van der Waals surface area contributed by atoms with Crippen molar-refractivity contribution >= 4 is 11.9 Å². The third-order valence-electron chi connectivity index (χ3n) is 7.06. The van der Waals surface area contributed by atoms with Crippen LogP contribution in [0.2, 0.25) is 0 Å². The zero-order valence-electron chi connectivity index (χ0n) is 22.2. The van der Waals surface area contributed by atoms with Crippen molar-refractivity contribution in [3.8, 4) is 11.5 Å². The molecule has 0 aromatic heterocycles. The number of esters is 2. The van der Waals surface area contributed by atoms with Gasteiger partial charge in [-0.1, -0.05) is 50.2 Å². The molecular formula is C33H32O4. The summed E-state index contributed by atoms with van der Waals surface area (Å²) in [7, 11) is 0. The Balaban J connectivity index is 1.43. The van der Waals surface area contributed by atoms with Crippen LogP contribution in [0.4, 0.5) is 0 Å². The molecule has 4 rings (SSSR count). The van der Waals surface area contributed by atoms with Crippen LogP contribution >= 0.6 is 0 Å². The van der Waals surface area contributed by atoms with Gasteiger partial charge >= 0.3 is 11.9 Å². The summed E-state index contributed by atoms with van der Waals surface area (Å²) in [5.41, 5.74) is 7.27. The third kappa shape index (κ3) is 5.80. The Kier molecular flexibility index (Phi) is 7.30. The molecule has 0 N–H and O–H groups in total. The molecule has 0 atom stereocenters. The normalized spacial score (nSPS) is 11.2. The van der Waals surface area contributed by atoms with E-state index >= 15 is 0 Å². The van der Waals surface area contributed by atoms with E-state index in [0.717, 1.165) is 33.4 Å². The van der Waals surface area contributed by atoms with Crippen molar-refractivity contribution in [2.75, 3.05) is 0 Å². The summed E-state index contributed by atoms with van der Waals surface area (Å²) in [5, 5.41) is 0. The van der Waals surface area contributed by atoms with Gasteiger partial charge in [0.25, 0.3) is 0 Å². The molecule has 188 valence electrons. The summed E-state index contributed by atoms with van der Waals surface area (Å²) in [6.07, 6.45) is 0. The fraction of sp³-hybridized carbons (Fsp3) is 0.212. The lowest BCUT2D eigenvalue weighted by Crippen LogP contribution is -2.19. The quantitative estimate of drug-likeness (QED) is 0.205. The maximum atomic E-state index is 12.6. The second kappa shape index (κ2) is 10.4. The van der Waals surface area contributed by atoms with Gasteiger partial charge in [-0.25, -0.2) is 9.59 Å². The number of hydrogen-bond donors (Lipinski definition) is 0. The number of hydrogen-bond acceptors (Lipinski definition) is 4. The highest BCUT2D eigenvalue weighted by Gasteiger charge is 2.23. The standard InChI is InChI=1S/C33H32O4/c1-21-7-9-25(19-23(21)3)31(34)36-29-15-11-27(12-16-29)33(5,6)28-13-17-30(18-14-28)37-32(35)26-10-8-22(2)24(4)20-26/h7-20H,1-6H3. The summed E-state index contributed by atoms with van der Waals surface area (Å²) < 4.78 is 11.2. The number of rotatable bonds is 6. The zero-order chi connectivity index (χ0) is 26.7. The zero-order valence-corrected chi connectivity index (χ0v) is 22.2. The van der Waals surface area contributed by atoms with Gasteiger partial charge in [-0.3, -0.25) is 0 Å². The van der Waals surface area contributed by atoms with E-state index in [1.54, 1.807) is 12.1 Å². The molecule has 0 aliphatic heterocycles. The number of aryl methyl sites for hydroxylation is 4. The predicted octanol–water partition coefficient (Wildman–Crippen LogP) is 7.68. The van der Waals surface area contributed by atoms with Gasteiger partial charge < -0.3 is 9.47 Å². The van der Waals surface area contributed by atoms with Crippen LogP contribution < -0.4 is 9.47 Å². The fourth-order valence-corrected chi connectivity index (χ4v) is 4.11. The molecular weight excluding hydrogens is 460 g/mol. The fourth-order valence-electron chi connectivity index (χ4n) is 4.11. The lowest BCUT2D eigenvalue weighted by molar-refractivity contribution is 0.0725. The average molecular weight is 493 g/mol. The van der Waals surface area contributed by atoms with Crippen molar-refractivity contribution in [3.05, 3.63) is 129 Å². The first kappa shape index (κ1) is 25.9. The van der Waals surface area contributed by atoms with Gasteiger partial charge in [0, 0.05) is 5.41 Å². The van der Waals surface area contributed by atoms with Crippen LogP contribution in [-0.2, 0) is 5.41 Å². The maximum Gasteiger partial charge on any atom is 0.343 e. The van der Waals surface area contributed by atoms with Crippen LogP contribution in [0.15, 0.2) is 84.9 Å². The molecule has 4 aromatic rings. The van der Waals surface area contributed by atoms with Crippen molar-refractivity contribution < 1.29 is 19.1 Å². The molecule has 4 aromatic carbocycles. The topological polar surface area (TPSA) is 52.6 Å². The highest BCUT2D eigenvalue weighted by atomic mass is 16.5. The lowest BCUT2D eigenvalue weighted by atomic mass is 9.78. The maximum absolute atomic E-state index is 12.6. The van der Waals surface area contributed by atoms with Gasteiger partial charge in [0.15, 0.2) is 0 Å². The second-order valence-corrected chi connectivity index (χ2v) is 10.1. The van der Waals surface area contributed by atoms with E-state index < -0.39 is 0 Å². The molecule has 0 saturated heterocycles. The Bertz CT molecular complexity index is 1330. The van der Waals surface area contributed by atoms with Crippen LogP contribution in [0.1, 0.15) is 67.9 Å². The Morgan fingerprint density at radius 3 is 1.19 bits per heavy atom. The minimum atomic E-state index is -0.374. The van der Waals surface area contributed by atoms with E-state index in [-0.39, 0.29) is 17.4 Å². The second-order valence-electron chi connectivity index (χ2n) is 10.1. The molecule has 37 heavy (non-hydrogen) atoms. The smallest absolute Gasteiger partial charge is 0.343 e. The molecule has 0 bridgehead atoms. The minimum absolute atomic E-state index is 0.312. The van der Waals surface area contributed by atoms with Gasteiger partial charge in [-0.05, 0) is 110 Å². The number of carbonyl (C=O) groups excluding carboxylic acids is 2. The van der Waals surface area contributed by atoms with Gasteiger partial charge in [0.2, 0.25) is 0 Å². The van der Waals surface area contributed by atoms with Crippen LogP contribution in [0, 0.1) is 27.7 Å². The molecule has 0 unspecified atom stereocenters. The molecule has 0 amide bonds. The SMILES string of the molecule is Cc1ccc(C(=O)Oc2ccc(C(C)(C)c3ccc(OC(=O)c4ccc(C)c(C)c4)cc3)cc2)cc1C. The highest BCUT2D eigenvalue weighted by molar-refractivity contribution is 5.92. The van der Waals surface area contributed by atoms with E-state index in [4.69, 9.17) is 9.47 Å². The summed E-state index contributed by atoms with van der Waals surface area (Å²) in [4.78, 5) is 25.1. The minimum Gasteiger partial charge on any atom is -0.423 e. The van der Waals surface area contributed by atoms with E-state index in [9.17, 15) is 9.59 Å². The first-order valence-electron chi connectivity index (χ1n) is 12.3. The van der Waals surface area contributed by atoms with Gasteiger partial charge in [0.05, 0.1) is 11.1 Å². The Morgan fingerprint density at radius 1 is 0.514 bits per heavy atom. The molecule has 0 fully saturated rings. The van der Waals surface area contributed by atoms with Gasteiger partial charge in [0.1, 0.15) is 11.5 Å². The number of benzene rings is 4. The van der Waals surface area contributed by atoms with Crippen LogP contribution in [0.5, 0.6) is 11.5 Å². The molecule has 0 radical (unpaired) electrons. The largest absolute Gasteiger partial charge is 0.423 e. The molecule has 4 heteroatoms. The Hall–Kier alpha value is -4.18. The first-order valence-corrected chi connectivity index (χ1v) is 12.3. The van der Waals surface area contributed by atoms with Crippen molar-refractivity contribution in [1.29, 1.82) is 0 Å². The summed E-state index contributed by atoms with van der Waals surface area (Å²) in [6, 6.07) is 26.2. The Morgan fingerprint density at radius 2 is 0.865 bits per heavy atom. The van der Waals surface area contributed by atoms with Crippen molar-refractivity contribution in [2.45, 2.75) is 47.0 Å². The predicted molar refractivity (Wildman–Crippen MR) is 147 cm³/mol. The summed E-state index contributed by atoms with van der Waals surface area (Å²) in [6.45, 7) is 12.2. The first-order chi connectivity index (χ1) is 17.5. The van der Waals surface area contributed by atoms with Gasteiger partial charge in [-0.15, -0.1) is 0 Å². The van der Waals surface area contributed by atoms with E-state index in [1.807, 2.05) is 100 Å². The monoisotopic (exact) mass is 492 g/mol. The van der Waals surface area contributed by atoms with E-state index in [2.05, 4.69) is 13.8 Å². The van der Waals surface area contributed by atoms with E-state index in [1.165, 1.54) is 0 Å². The Labute approximate surface area is 218 Å². The average Bonchev–Trinajstić information content (AvgIpc) is 2.88. The van der Waals surface area contributed by atoms with Crippen molar-refractivity contribution in [2.24, 2.45) is 0 Å². The summed E-state index contributed by atoms with van der Waals surface area (Å²) >= 11 is 0. The third-order valence-corrected chi connectivity index (χ3v) is 7.06. The van der Waals surface area contributed by atoms with E-state index in [0.29, 0.717) is 22.6 Å². The molecule has 0 aliphatic rings. The van der Waals surface area contributed by atoms with Gasteiger partial charge in [-0.2, -0.15) is 0 Å². The van der Waals surface area contributed by atoms with Crippen LogP contribution in [0.25, 0.3) is 0 Å². The van der Waals surface area contributed by atoms with Crippen molar-refractivity contribution in [1.82, 2.24) is 0 Å². The lowest BCUT2D eigenvalue weighted by Gasteiger charge is -2.26. The number of carbonyl (C=O) groups is 2. The summed E-state index contributed by atoms with van der Waals surface area (Å²) in [5.74, 6) is 0.245. The van der Waals surface area contributed by atoms with Crippen LogP contribution in [0.3, 0.4) is 0 Å².